The quantitative estimate of drug-likeness (QED) is 0.280. The van der Waals surface area contributed by atoms with Crippen molar-refractivity contribution in [2.24, 2.45) is 0 Å². The van der Waals surface area contributed by atoms with Crippen molar-refractivity contribution >= 4 is 23.8 Å². The zero-order chi connectivity index (χ0) is 34.3. The Morgan fingerprint density at radius 1 is 1.02 bits per heavy atom. The van der Waals surface area contributed by atoms with Crippen LogP contribution in [0.25, 0.3) is 11.1 Å². The van der Waals surface area contributed by atoms with Crippen LogP contribution in [0, 0.1) is 0 Å². The molecule has 4 bridgehead atoms. The Balaban J connectivity index is 1.88. The second-order valence-electron chi connectivity index (χ2n) is 12.4. The van der Waals surface area contributed by atoms with E-state index in [0.717, 1.165) is 10.5 Å². The highest BCUT2D eigenvalue weighted by Gasteiger charge is 2.35. The Morgan fingerprint density at radius 3 is 2.43 bits per heavy atom. The van der Waals surface area contributed by atoms with Gasteiger partial charge in [0.25, 0.3) is 0 Å². The van der Waals surface area contributed by atoms with E-state index in [2.05, 4.69) is 22.5 Å². The van der Waals surface area contributed by atoms with Crippen molar-refractivity contribution in [2.45, 2.75) is 64.4 Å². The molecule has 0 aliphatic carbocycles. The van der Waals surface area contributed by atoms with Crippen LogP contribution >= 0.6 is 0 Å². The van der Waals surface area contributed by atoms with E-state index in [1.165, 1.54) is 32.2 Å². The minimum Gasteiger partial charge on any atom is -0.507 e. The van der Waals surface area contributed by atoms with Gasteiger partial charge in [0.15, 0.2) is 0 Å². The molecule has 3 atom stereocenters. The van der Waals surface area contributed by atoms with Gasteiger partial charge < -0.3 is 30.5 Å². The SMILES string of the molecule is C=CCNC(=O)[C@@H]1Cc2ccc(OCc3ccccc3)c(c2)-c2cc(ccc2O)[C@H](N(C)C(=O)OC(C)(C)C)C(=O)N[C@@H](C)C(=O)N1. The average molecular weight is 643 g/mol. The van der Waals surface area contributed by atoms with Gasteiger partial charge in [-0.25, -0.2) is 4.79 Å². The van der Waals surface area contributed by atoms with Crippen molar-refractivity contribution in [1.29, 1.82) is 0 Å². The fourth-order valence-electron chi connectivity index (χ4n) is 5.10. The van der Waals surface area contributed by atoms with Crippen molar-refractivity contribution < 1.29 is 33.8 Å². The van der Waals surface area contributed by atoms with Gasteiger partial charge in [0.2, 0.25) is 17.7 Å². The number of nitrogens with one attached hydrogen (secondary N) is 3. The van der Waals surface area contributed by atoms with E-state index in [1.807, 2.05) is 30.3 Å². The molecule has 3 aromatic rings. The lowest BCUT2D eigenvalue weighted by atomic mass is 9.93. The first kappa shape index (κ1) is 34.6. The van der Waals surface area contributed by atoms with E-state index >= 15 is 0 Å². The van der Waals surface area contributed by atoms with Gasteiger partial charge in [0, 0.05) is 31.1 Å². The third-order valence-corrected chi connectivity index (χ3v) is 7.47. The number of phenols is 1. The highest BCUT2D eigenvalue weighted by atomic mass is 16.6. The molecule has 4 amide bonds. The molecule has 0 fully saturated rings. The molecule has 248 valence electrons. The molecule has 1 aliphatic rings. The average Bonchev–Trinajstić information content (AvgIpc) is 3.02. The second kappa shape index (κ2) is 14.8. The number of carbonyl (C=O) groups is 4. The first-order chi connectivity index (χ1) is 22.3. The smallest absolute Gasteiger partial charge is 0.410 e. The van der Waals surface area contributed by atoms with E-state index in [9.17, 15) is 24.3 Å². The van der Waals surface area contributed by atoms with Crippen LogP contribution in [-0.2, 0) is 32.1 Å². The van der Waals surface area contributed by atoms with Crippen molar-refractivity contribution in [3.63, 3.8) is 0 Å². The van der Waals surface area contributed by atoms with Gasteiger partial charge in [-0.1, -0.05) is 48.5 Å². The molecule has 47 heavy (non-hydrogen) atoms. The molecule has 0 unspecified atom stereocenters. The van der Waals surface area contributed by atoms with E-state index in [0.29, 0.717) is 28.0 Å². The molecule has 3 aromatic carbocycles. The standard InChI is InChI=1S/C36H42N4O7/c1-7-17-37-33(43)28-19-24-13-16-30(46-21-23-11-9-8-10-12-23)27(18-24)26-20-25(14-15-29(26)41)31(34(44)38-22(2)32(42)39-28)40(6)35(45)47-36(3,4)5/h7-16,18,20,22,28,31,41H,1,17,19,21H2,2-6H3,(H,37,43)(H,38,44)(H,39,42)/t22-,28-,31-/m0/s1. The van der Waals surface area contributed by atoms with Crippen LogP contribution in [0.4, 0.5) is 4.79 Å². The number of hydrogen-bond acceptors (Lipinski definition) is 7. The predicted molar refractivity (Wildman–Crippen MR) is 178 cm³/mol. The van der Waals surface area contributed by atoms with Gasteiger partial charge in [-0.2, -0.15) is 0 Å². The third kappa shape index (κ3) is 8.90. The molecule has 1 aliphatic heterocycles. The topological polar surface area (TPSA) is 146 Å². The van der Waals surface area contributed by atoms with Gasteiger partial charge in [-0.15, -0.1) is 6.58 Å². The third-order valence-electron chi connectivity index (χ3n) is 7.47. The number of carbonyl (C=O) groups excluding carboxylic acids is 4. The first-order valence-electron chi connectivity index (χ1n) is 15.4. The molecule has 11 nitrogen and oxygen atoms in total. The summed E-state index contributed by atoms with van der Waals surface area (Å²) < 4.78 is 11.8. The number of amides is 4. The maximum absolute atomic E-state index is 13.9. The van der Waals surface area contributed by atoms with Crippen LogP contribution in [0.1, 0.15) is 50.4 Å². The highest BCUT2D eigenvalue weighted by molar-refractivity contribution is 5.94. The van der Waals surface area contributed by atoms with Crippen LogP contribution in [-0.4, -0.2) is 65.1 Å². The summed E-state index contributed by atoms with van der Waals surface area (Å²) in [6.07, 6.45) is 0.865. The first-order valence-corrected chi connectivity index (χ1v) is 15.4. The summed E-state index contributed by atoms with van der Waals surface area (Å²) in [5.41, 5.74) is 1.93. The Labute approximate surface area is 274 Å². The normalized spacial score (nSPS) is 18.1. The molecule has 0 aromatic heterocycles. The van der Waals surface area contributed by atoms with Crippen molar-refractivity contribution in [3.05, 3.63) is 96.1 Å². The lowest BCUT2D eigenvalue weighted by Gasteiger charge is -2.31. The van der Waals surface area contributed by atoms with Gasteiger partial charge in [0.1, 0.15) is 41.8 Å². The summed E-state index contributed by atoms with van der Waals surface area (Å²) in [6, 6.07) is 16.1. The van der Waals surface area contributed by atoms with Gasteiger partial charge in [-0.05, 0) is 68.7 Å². The molecule has 0 saturated carbocycles. The molecule has 0 spiro atoms. The fourth-order valence-corrected chi connectivity index (χ4v) is 5.10. The van der Waals surface area contributed by atoms with Crippen LogP contribution in [0.3, 0.4) is 0 Å². The monoisotopic (exact) mass is 642 g/mol. The molecule has 1 heterocycles. The van der Waals surface area contributed by atoms with Crippen molar-refractivity contribution in [1.82, 2.24) is 20.9 Å². The van der Waals surface area contributed by atoms with Crippen LogP contribution in [0.2, 0.25) is 0 Å². The van der Waals surface area contributed by atoms with Gasteiger partial charge >= 0.3 is 6.09 Å². The van der Waals surface area contributed by atoms with Crippen LogP contribution in [0.5, 0.6) is 11.5 Å². The number of fused-ring (bicyclic) bond motifs is 5. The summed E-state index contributed by atoms with van der Waals surface area (Å²) in [7, 11) is 1.42. The lowest BCUT2D eigenvalue weighted by molar-refractivity contribution is -0.133. The minimum absolute atomic E-state index is 0.0939. The summed E-state index contributed by atoms with van der Waals surface area (Å²) in [6.45, 7) is 10.7. The Bertz CT molecular complexity index is 1630. The number of aromatic hydroxyl groups is 1. The Morgan fingerprint density at radius 2 is 1.74 bits per heavy atom. The van der Waals surface area contributed by atoms with Gasteiger partial charge in [-0.3, -0.25) is 19.3 Å². The van der Waals surface area contributed by atoms with Crippen molar-refractivity contribution in [3.8, 4) is 22.6 Å². The maximum Gasteiger partial charge on any atom is 0.410 e. The molecule has 0 saturated heterocycles. The van der Waals surface area contributed by atoms with E-state index in [1.54, 1.807) is 45.0 Å². The van der Waals surface area contributed by atoms with Crippen LogP contribution < -0.4 is 20.7 Å². The Kier molecular flexibility index (Phi) is 10.9. The number of rotatable bonds is 7. The summed E-state index contributed by atoms with van der Waals surface area (Å²) in [5.74, 6) is -1.37. The second-order valence-corrected chi connectivity index (χ2v) is 12.4. The lowest BCUT2D eigenvalue weighted by Crippen LogP contribution is -2.55. The number of hydrogen-bond donors (Lipinski definition) is 4. The van der Waals surface area contributed by atoms with E-state index < -0.39 is 47.5 Å². The molecule has 0 radical (unpaired) electrons. The molecular weight excluding hydrogens is 600 g/mol. The number of phenolic OH excluding ortho intramolecular Hbond substituents is 1. The van der Waals surface area contributed by atoms with E-state index in [-0.39, 0.29) is 25.3 Å². The Hall–Kier alpha value is -5.32. The molecule has 4 rings (SSSR count). The molecule has 4 N–H and O–H groups in total. The minimum atomic E-state index is -1.26. The van der Waals surface area contributed by atoms with Crippen LogP contribution in [0.15, 0.2) is 79.4 Å². The number of ether oxygens (including phenoxy) is 2. The fraction of sp³-hybridized carbons (Fsp3) is 0.333. The zero-order valence-corrected chi connectivity index (χ0v) is 27.3. The largest absolute Gasteiger partial charge is 0.507 e. The molecule has 11 heteroatoms. The number of likely N-dealkylation sites (N-methyl/N-ethyl adjacent to an activating group) is 1. The van der Waals surface area contributed by atoms with E-state index in [4.69, 9.17) is 9.47 Å². The molecular formula is C36H42N4O7. The summed E-state index contributed by atoms with van der Waals surface area (Å²) in [4.78, 5) is 54.8. The summed E-state index contributed by atoms with van der Waals surface area (Å²) in [5, 5.41) is 19.3. The summed E-state index contributed by atoms with van der Waals surface area (Å²) >= 11 is 0. The highest BCUT2D eigenvalue weighted by Crippen LogP contribution is 2.39. The number of benzene rings is 3. The number of nitrogens with zero attached hydrogens (tertiary/aromatic N) is 1. The zero-order valence-electron chi connectivity index (χ0n) is 27.3. The predicted octanol–water partition coefficient (Wildman–Crippen LogP) is 4.39. The maximum atomic E-state index is 13.9. The van der Waals surface area contributed by atoms with Gasteiger partial charge in [0.05, 0.1) is 0 Å². The van der Waals surface area contributed by atoms with Crippen molar-refractivity contribution in [2.75, 3.05) is 13.6 Å².